The van der Waals surface area contributed by atoms with Crippen molar-refractivity contribution in [2.24, 2.45) is 5.73 Å². The fraction of sp³-hybridized carbons (Fsp3) is 0.222. The number of aromatic hydroxyl groups is 1. The lowest BCUT2D eigenvalue weighted by molar-refractivity contribution is 0.403. The van der Waals surface area contributed by atoms with Crippen LogP contribution in [0.4, 0.5) is 0 Å². The molecule has 2 aromatic rings. The number of nitrogens with zero attached hydrogens (tertiary/aromatic N) is 3. The van der Waals surface area contributed by atoms with Crippen molar-refractivity contribution in [2.75, 3.05) is 0 Å². The van der Waals surface area contributed by atoms with Crippen molar-refractivity contribution in [3.8, 4) is 5.75 Å². The van der Waals surface area contributed by atoms with E-state index < -0.39 is 11.2 Å². The molecular formula is C9H10N4O3. The van der Waals surface area contributed by atoms with Gasteiger partial charge in [-0.3, -0.25) is 4.79 Å². The molecule has 0 amide bonds. The molecule has 3 N–H and O–H groups in total. The van der Waals surface area contributed by atoms with Gasteiger partial charge in [0.05, 0.1) is 11.9 Å². The molecule has 0 radical (unpaired) electrons. The standard InChI is InChI=1S/C9H10N4O3/c10-2-6-3-13(12-11-6)4-7-1-8(14)9(15)5-16-7/h1,3,5,15H,2,4,10H2. The highest BCUT2D eigenvalue weighted by atomic mass is 16.4. The Morgan fingerprint density at radius 3 is 3.00 bits per heavy atom. The first-order chi connectivity index (χ1) is 7.69. The smallest absolute Gasteiger partial charge is 0.226 e. The lowest BCUT2D eigenvalue weighted by Gasteiger charge is -1.99. The zero-order chi connectivity index (χ0) is 11.5. The lowest BCUT2D eigenvalue weighted by atomic mass is 10.3. The molecule has 0 spiro atoms. The Balaban J connectivity index is 2.20. The van der Waals surface area contributed by atoms with Crippen LogP contribution in [-0.2, 0) is 13.1 Å². The SMILES string of the molecule is NCc1cn(Cc2cc(=O)c(O)co2)nn1. The fourth-order valence-electron chi connectivity index (χ4n) is 1.20. The van der Waals surface area contributed by atoms with Gasteiger partial charge in [0.2, 0.25) is 5.43 Å². The molecule has 16 heavy (non-hydrogen) atoms. The number of nitrogens with two attached hydrogens (primary N) is 1. The van der Waals surface area contributed by atoms with Gasteiger partial charge in [-0.15, -0.1) is 5.10 Å². The fourth-order valence-corrected chi connectivity index (χ4v) is 1.20. The molecule has 0 saturated carbocycles. The Morgan fingerprint density at radius 2 is 2.38 bits per heavy atom. The topological polar surface area (TPSA) is 107 Å². The quantitative estimate of drug-likeness (QED) is 0.721. The molecule has 0 saturated heterocycles. The van der Waals surface area contributed by atoms with Gasteiger partial charge in [0.1, 0.15) is 18.6 Å². The van der Waals surface area contributed by atoms with Crippen LogP contribution in [-0.4, -0.2) is 20.1 Å². The van der Waals surface area contributed by atoms with Crippen molar-refractivity contribution in [3.63, 3.8) is 0 Å². The van der Waals surface area contributed by atoms with E-state index in [4.69, 9.17) is 15.3 Å². The number of aromatic nitrogens is 3. The second kappa shape index (κ2) is 4.15. The summed E-state index contributed by atoms with van der Waals surface area (Å²) in [5, 5.41) is 16.6. The maximum Gasteiger partial charge on any atom is 0.226 e. The van der Waals surface area contributed by atoms with Gasteiger partial charge in [-0.05, 0) is 0 Å². The van der Waals surface area contributed by atoms with Crippen LogP contribution in [0.2, 0.25) is 0 Å². The maximum absolute atomic E-state index is 11.1. The van der Waals surface area contributed by atoms with Gasteiger partial charge < -0.3 is 15.3 Å². The van der Waals surface area contributed by atoms with Crippen LogP contribution >= 0.6 is 0 Å². The molecule has 84 valence electrons. The molecule has 2 rings (SSSR count). The Morgan fingerprint density at radius 1 is 1.56 bits per heavy atom. The van der Waals surface area contributed by atoms with Crippen LogP contribution in [0.25, 0.3) is 0 Å². The van der Waals surface area contributed by atoms with Gasteiger partial charge in [-0.25, -0.2) is 4.68 Å². The zero-order valence-electron chi connectivity index (χ0n) is 8.33. The minimum Gasteiger partial charge on any atom is -0.502 e. The van der Waals surface area contributed by atoms with Gasteiger partial charge >= 0.3 is 0 Å². The van der Waals surface area contributed by atoms with Crippen molar-refractivity contribution in [3.05, 3.63) is 40.2 Å². The van der Waals surface area contributed by atoms with E-state index in [1.807, 2.05) is 0 Å². The number of rotatable bonds is 3. The van der Waals surface area contributed by atoms with Crippen LogP contribution in [0, 0.1) is 0 Å². The van der Waals surface area contributed by atoms with Crippen LogP contribution in [0.3, 0.4) is 0 Å². The Labute approximate surface area is 90.1 Å². The summed E-state index contributed by atoms with van der Waals surface area (Å²) in [6.45, 7) is 0.571. The second-order valence-electron chi connectivity index (χ2n) is 3.21. The van der Waals surface area contributed by atoms with E-state index in [-0.39, 0.29) is 6.54 Å². The Bertz CT molecular complexity index is 546. The molecule has 0 fully saturated rings. The third-order valence-electron chi connectivity index (χ3n) is 1.98. The maximum atomic E-state index is 11.1. The highest BCUT2D eigenvalue weighted by Crippen LogP contribution is 2.05. The Hall–Kier alpha value is -2.15. The average Bonchev–Trinajstić information content (AvgIpc) is 2.71. The van der Waals surface area contributed by atoms with E-state index in [1.165, 1.54) is 10.7 Å². The highest BCUT2D eigenvalue weighted by Gasteiger charge is 2.04. The molecular weight excluding hydrogens is 212 g/mol. The van der Waals surface area contributed by atoms with Gasteiger partial charge in [-0.2, -0.15) is 0 Å². The number of hydrogen-bond donors (Lipinski definition) is 2. The van der Waals surface area contributed by atoms with Crippen molar-refractivity contribution in [2.45, 2.75) is 13.1 Å². The molecule has 0 aliphatic rings. The minimum atomic E-state index is -0.486. The van der Waals surface area contributed by atoms with E-state index in [9.17, 15) is 4.79 Å². The molecule has 0 bridgehead atoms. The average molecular weight is 222 g/mol. The summed E-state index contributed by atoms with van der Waals surface area (Å²) in [4.78, 5) is 11.1. The molecule has 0 atom stereocenters. The summed E-state index contributed by atoms with van der Waals surface area (Å²) >= 11 is 0. The van der Waals surface area contributed by atoms with Crippen molar-refractivity contribution >= 4 is 0 Å². The summed E-state index contributed by atoms with van der Waals surface area (Å²) in [6, 6.07) is 1.21. The predicted molar refractivity (Wildman–Crippen MR) is 53.7 cm³/mol. The summed E-state index contributed by atoms with van der Waals surface area (Å²) in [7, 11) is 0. The molecule has 2 heterocycles. The van der Waals surface area contributed by atoms with Crippen LogP contribution in [0.1, 0.15) is 11.5 Å². The second-order valence-corrected chi connectivity index (χ2v) is 3.21. The van der Waals surface area contributed by atoms with Gasteiger partial charge in [0.25, 0.3) is 0 Å². The van der Waals surface area contributed by atoms with Crippen LogP contribution in [0.15, 0.2) is 27.7 Å². The molecule has 0 aromatic carbocycles. The molecule has 2 aromatic heterocycles. The van der Waals surface area contributed by atoms with E-state index in [0.29, 0.717) is 18.0 Å². The van der Waals surface area contributed by atoms with E-state index in [0.717, 1.165) is 6.26 Å². The minimum absolute atomic E-state index is 0.266. The summed E-state index contributed by atoms with van der Waals surface area (Å²) in [5.41, 5.74) is 5.55. The molecule has 7 nitrogen and oxygen atoms in total. The van der Waals surface area contributed by atoms with Crippen molar-refractivity contribution < 1.29 is 9.52 Å². The van der Waals surface area contributed by atoms with E-state index in [2.05, 4.69) is 10.3 Å². The van der Waals surface area contributed by atoms with Crippen LogP contribution < -0.4 is 11.2 Å². The van der Waals surface area contributed by atoms with Gasteiger partial charge in [0.15, 0.2) is 5.75 Å². The van der Waals surface area contributed by atoms with Crippen molar-refractivity contribution in [1.82, 2.24) is 15.0 Å². The zero-order valence-corrected chi connectivity index (χ0v) is 8.33. The molecule has 0 aliphatic heterocycles. The van der Waals surface area contributed by atoms with E-state index in [1.54, 1.807) is 6.20 Å². The predicted octanol–water partition coefficient (Wildman–Crippen LogP) is -0.556. The van der Waals surface area contributed by atoms with E-state index >= 15 is 0 Å². The lowest BCUT2D eigenvalue weighted by Crippen LogP contribution is -2.05. The largest absolute Gasteiger partial charge is 0.502 e. The van der Waals surface area contributed by atoms with Crippen LogP contribution in [0.5, 0.6) is 5.75 Å². The molecule has 7 heteroatoms. The first kappa shape index (κ1) is 10.4. The molecule has 0 aliphatic carbocycles. The summed E-state index contributed by atoms with van der Waals surface area (Å²) in [5.74, 6) is -0.0266. The number of hydrogen-bond acceptors (Lipinski definition) is 6. The third-order valence-corrected chi connectivity index (χ3v) is 1.98. The summed E-state index contributed by atoms with van der Waals surface area (Å²) in [6.07, 6.45) is 2.66. The third kappa shape index (κ3) is 2.09. The monoisotopic (exact) mass is 222 g/mol. The highest BCUT2D eigenvalue weighted by molar-refractivity contribution is 5.15. The Kier molecular flexibility index (Phi) is 2.69. The first-order valence-corrected chi connectivity index (χ1v) is 4.59. The summed E-state index contributed by atoms with van der Waals surface area (Å²) < 4.78 is 6.51. The van der Waals surface area contributed by atoms with Gasteiger partial charge in [-0.1, -0.05) is 5.21 Å². The molecule has 0 unspecified atom stereocenters. The van der Waals surface area contributed by atoms with Crippen molar-refractivity contribution in [1.29, 1.82) is 0 Å². The normalized spacial score (nSPS) is 10.6. The van der Waals surface area contributed by atoms with Gasteiger partial charge in [0, 0.05) is 12.6 Å². The first-order valence-electron chi connectivity index (χ1n) is 4.59.